The van der Waals surface area contributed by atoms with E-state index in [4.69, 9.17) is 0 Å². The first-order valence-corrected chi connectivity index (χ1v) is 7.78. The highest BCUT2D eigenvalue weighted by Crippen LogP contribution is 2.29. The van der Waals surface area contributed by atoms with Crippen molar-refractivity contribution in [2.45, 2.75) is 6.92 Å². The van der Waals surface area contributed by atoms with Gasteiger partial charge in [0.25, 0.3) is 0 Å². The maximum Gasteiger partial charge on any atom is 0.228 e. The Morgan fingerprint density at radius 1 is 1.13 bits per heavy atom. The summed E-state index contributed by atoms with van der Waals surface area (Å²) < 4.78 is 0.949. The third-order valence-corrected chi connectivity index (χ3v) is 3.98. The Morgan fingerprint density at radius 2 is 1.91 bits per heavy atom. The Hall–Kier alpha value is -2.47. The van der Waals surface area contributed by atoms with Gasteiger partial charge in [0.05, 0.1) is 5.69 Å². The number of halogens is 1. The summed E-state index contributed by atoms with van der Waals surface area (Å²) in [6, 6.07) is 14.0. The number of amides is 1. The smallest absolute Gasteiger partial charge is 0.228 e. The summed E-state index contributed by atoms with van der Waals surface area (Å²) in [5.74, 6) is 0. The molecule has 0 atom stereocenters. The number of nitrogens with one attached hydrogen (secondary N) is 1. The van der Waals surface area contributed by atoms with E-state index >= 15 is 0 Å². The number of rotatable bonds is 6. The van der Waals surface area contributed by atoms with Crippen LogP contribution in [-0.4, -0.2) is 13.5 Å². The van der Waals surface area contributed by atoms with E-state index in [1.807, 2.05) is 36.4 Å². The molecule has 0 saturated heterocycles. The molecular formula is C17H17BrN4O. The monoisotopic (exact) mass is 372 g/mol. The van der Waals surface area contributed by atoms with E-state index < -0.39 is 0 Å². The van der Waals surface area contributed by atoms with E-state index in [-0.39, 0.29) is 0 Å². The Labute approximate surface area is 143 Å². The fourth-order valence-corrected chi connectivity index (χ4v) is 2.57. The van der Waals surface area contributed by atoms with E-state index in [1.54, 1.807) is 12.1 Å². The second-order valence-corrected chi connectivity index (χ2v) is 5.68. The fraction of sp³-hybridized carbons (Fsp3) is 0.118. The summed E-state index contributed by atoms with van der Waals surface area (Å²) in [6.07, 6.45) is 4.56. The minimum atomic E-state index is 0.469. The van der Waals surface area contributed by atoms with E-state index in [0.29, 0.717) is 6.41 Å². The Balaban J connectivity index is 2.34. The lowest BCUT2D eigenvalue weighted by atomic mass is 10.1. The maximum absolute atomic E-state index is 10.2. The number of aryl methyl sites for hydroxylation is 1. The normalized spacial score (nSPS) is 11.1. The molecule has 1 amide bonds. The lowest BCUT2D eigenvalue weighted by molar-refractivity contribution is -0.109. The van der Waals surface area contributed by atoms with E-state index in [9.17, 15) is 4.79 Å². The molecule has 0 aromatic heterocycles. The molecule has 0 heterocycles. The van der Waals surface area contributed by atoms with Crippen molar-refractivity contribution < 1.29 is 4.79 Å². The minimum Gasteiger partial charge on any atom is -0.277 e. The Kier molecular flexibility index (Phi) is 6.05. The van der Waals surface area contributed by atoms with Crippen molar-refractivity contribution in [3.8, 4) is 0 Å². The lowest BCUT2D eigenvalue weighted by Gasteiger charge is -2.15. The molecule has 0 aliphatic rings. The number of carbonyl (C=O) groups excluding carboxylic acids is 1. The van der Waals surface area contributed by atoms with Gasteiger partial charge in [-0.15, -0.1) is 0 Å². The quantitative estimate of drug-likeness (QED) is 0.353. The van der Waals surface area contributed by atoms with Gasteiger partial charge in [-0.1, -0.05) is 58.4 Å². The van der Waals surface area contributed by atoms with Crippen LogP contribution in [0.5, 0.6) is 0 Å². The summed E-state index contributed by atoms with van der Waals surface area (Å²) >= 11 is 3.57. The first kappa shape index (κ1) is 16.9. The largest absolute Gasteiger partial charge is 0.277 e. The van der Waals surface area contributed by atoms with Crippen LogP contribution in [0.2, 0.25) is 0 Å². The molecular weight excluding hydrogens is 356 g/mol. The second kappa shape index (κ2) is 8.24. The molecule has 0 radical (unpaired) electrons. The summed E-state index contributed by atoms with van der Waals surface area (Å²) in [4.78, 5) is 10.2. The van der Waals surface area contributed by atoms with Gasteiger partial charge in [-0.25, -0.2) is 10.4 Å². The molecule has 23 heavy (non-hydrogen) atoms. The van der Waals surface area contributed by atoms with Crippen LogP contribution in [0.15, 0.2) is 57.4 Å². The van der Waals surface area contributed by atoms with Crippen molar-refractivity contribution in [3.63, 3.8) is 0 Å². The van der Waals surface area contributed by atoms with E-state index in [1.165, 1.54) is 5.56 Å². The number of carbonyl (C=O) groups is 1. The molecule has 0 spiro atoms. The molecule has 0 fully saturated rings. The predicted molar refractivity (Wildman–Crippen MR) is 96.7 cm³/mol. The van der Waals surface area contributed by atoms with Crippen molar-refractivity contribution in [2.75, 3.05) is 12.1 Å². The molecule has 0 bridgehead atoms. The van der Waals surface area contributed by atoms with Crippen LogP contribution in [0.3, 0.4) is 0 Å². The summed E-state index contributed by atoms with van der Waals surface area (Å²) in [5.41, 5.74) is 6.35. The van der Waals surface area contributed by atoms with Gasteiger partial charge >= 0.3 is 0 Å². The SMILES string of the molecule is Cc1ccccc1/C=C/c1c(Br)cccc1N(C)/N=N\NC=O. The zero-order chi connectivity index (χ0) is 16.7. The molecule has 0 aliphatic heterocycles. The van der Waals surface area contributed by atoms with Gasteiger partial charge in [-0.05, 0) is 40.6 Å². The van der Waals surface area contributed by atoms with Crippen LogP contribution in [-0.2, 0) is 4.79 Å². The highest BCUT2D eigenvalue weighted by atomic mass is 79.9. The van der Waals surface area contributed by atoms with Gasteiger partial charge in [0, 0.05) is 17.1 Å². The van der Waals surface area contributed by atoms with Crippen molar-refractivity contribution in [1.82, 2.24) is 5.43 Å². The Morgan fingerprint density at radius 3 is 2.65 bits per heavy atom. The Bertz CT molecular complexity index is 743. The molecule has 0 saturated carbocycles. The number of hydrogen-bond acceptors (Lipinski definition) is 3. The fourth-order valence-electron chi connectivity index (χ4n) is 2.08. The third-order valence-electron chi connectivity index (χ3n) is 3.29. The summed E-state index contributed by atoms with van der Waals surface area (Å²) in [7, 11) is 1.77. The molecule has 0 aliphatic carbocycles. The zero-order valence-corrected chi connectivity index (χ0v) is 14.5. The van der Waals surface area contributed by atoms with Gasteiger partial charge in [-0.3, -0.25) is 4.79 Å². The van der Waals surface area contributed by atoms with Gasteiger partial charge in [0.2, 0.25) is 6.41 Å². The minimum absolute atomic E-state index is 0.469. The first-order chi connectivity index (χ1) is 11.1. The van der Waals surface area contributed by atoms with Crippen LogP contribution in [0.1, 0.15) is 16.7 Å². The molecule has 6 heteroatoms. The maximum atomic E-state index is 10.2. The first-order valence-electron chi connectivity index (χ1n) is 6.99. The summed E-state index contributed by atoms with van der Waals surface area (Å²) in [6.45, 7) is 2.08. The highest BCUT2D eigenvalue weighted by Gasteiger charge is 2.08. The van der Waals surface area contributed by atoms with Crippen LogP contribution >= 0.6 is 15.9 Å². The van der Waals surface area contributed by atoms with Crippen molar-refractivity contribution in [1.29, 1.82) is 0 Å². The van der Waals surface area contributed by atoms with Gasteiger partial charge in [-0.2, -0.15) is 0 Å². The number of hydrogen-bond donors (Lipinski definition) is 1. The average molecular weight is 373 g/mol. The number of nitrogens with zero attached hydrogens (tertiary/aromatic N) is 3. The van der Waals surface area contributed by atoms with E-state index in [0.717, 1.165) is 21.3 Å². The third kappa shape index (κ3) is 4.50. The van der Waals surface area contributed by atoms with Crippen molar-refractivity contribution >= 4 is 40.2 Å². The average Bonchev–Trinajstić information content (AvgIpc) is 2.55. The molecule has 1 N–H and O–H groups in total. The predicted octanol–water partition coefficient (Wildman–Crippen LogP) is 4.39. The van der Waals surface area contributed by atoms with Gasteiger partial charge in [0.1, 0.15) is 0 Å². The molecule has 0 unspecified atom stereocenters. The van der Waals surface area contributed by atoms with Gasteiger partial charge < -0.3 is 0 Å². The molecule has 2 rings (SSSR count). The van der Waals surface area contributed by atoms with E-state index in [2.05, 4.69) is 56.9 Å². The van der Waals surface area contributed by atoms with Gasteiger partial charge in [0.15, 0.2) is 0 Å². The van der Waals surface area contributed by atoms with Crippen LogP contribution in [0.4, 0.5) is 5.69 Å². The topological polar surface area (TPSA) is 57.1 Å². The highest BCUT2D eigenvalue weighted by molar-refractivity contribution is 9.10. The number of anilines is 1. The molecule has 2 aromatic rings. The van der Waals surface area contributed by atoms with Crippen molar-refractivity contribution in [2.24, 2.45) is 10.4 Å². The molecule has 2 aromatic carbocycles. The molecule has 5 nitrogen and oxygen atoms in total. The summed E-state index contributed by atoms with van der Waals surface area (Å²) in [5, 5.41) is 9.08. The van der Waals surface area contributed by atoms with Crippen LogP contribution in [0, 0.1) is 6.92 Å². The standard InChI is InChI=1S/C17H17BrN4O/c1-13-6-3-4-7-14(13)10-11-15-16(18)8-5-9-17(15)22(2)21-20-19-12-23/h3-12H,1-2H3,(H,19,21,23)/b11-10+. The lowest BCUT2D eigenvalue weighted by Crippen LogP contribution is -2.11. The second-order valence-electron chi connectivity index (χ2n) is 4.82. The molecule has 118 valence electrons. The zero-order valence-electron chi connectivity index (χ0n) is 12.9. The number of benzene rings is 2. The van der Waals surface area contributed by atoms with Crippen molar-refractivity contribution in [3.05, 3.63) is 63.6 Å². The van der Waals surface area contributed by atoms with Crippen LogP contribution in [0.25, 0.3) is 12.2 Å². The van der Waals surface area contributed by atoms with Crippen LogP contribution < -0.4 is 10.4 Å².